The largest absolute Gasteiger partial charge is 0.396 e. The van der Waals surface area contributed by atoms with Crippen LogP contribution in [0.25, 0.3) is 0 Å². The van der Waals surface area contributed by atoms with Gasteiger partial charge in [-0.2, -0.15) is 0 Å². The van der Waals surface area contributed by atoms with Crippen molar-refractivity contribution in [1.29, 1.82) is 0 Å². The molecule has 1 heterocycles. The van der Waals surface area contributed by atoms with Gasteiger partial charge in [0.1, 0.15) is 0 Å². The van der Waals surface area contributed by atoms with Crippen LogP contribution in [0.3, 0.4) is 0 Å². The summed E-state index contributed by atoms with van der Waals surface area (Å²) >= 11 is 0. The Hall–Kier alpha value is -0.340. The average Bonchev–Trinajstić information content (AvgIpc) is 2.58. The summed E-state index contributed by atoms with van der Waals surface area (Å²) in [6.07, 6.45) is 5.87. The third-order valence-electron chi connectivity index (χ3n) is 3.02. The van der Waals surface area contributed by atoms with E-state index in [4.69, 9.17) is 5.11 Å². The lowest BCUT2D eigenvalue weighted by atomic mass is 10.1. The van der Waals surface area contributed by atoms with E-state index >= 15 is 0 Å². The van der Waals surface area contributed by atoms with Gasteiger partial charge in [0.05, 0.1) is 0 Å². The number of hydrogen-bond acceptors (Lipinski definition) is 2. The summed E-state index contributed by atoms with van der Waals surface area (Å²) in [6.45, 7) is 8.77. The first-order valence-corrected chi connectivity index (χ1v) is 5.73. The lowest BCUT2D eigenvalue weighted by molar-refractivity contribution is 0.218. The highest BCUT2D eigenvalue weighted by atomic mass is 16.2. The number of nitrogens with zero attached hydrogens (tertiary/aromatic N) is 1. The first kappa shape index (κ1) is 11.7. The second kappa shape index (κ2) is 6.20. The SMILES string of the molecule is C=C(C)CCN1CCCC1CCCO. The number of likely N-dealkylation sites (tertiary alicyclic amines) is 1. The molecule has 1 saturated heterocycles. The third-order valence-corrected chi connectivity index (χ3v) is 3.02. The zero-order valence-corrected chi connectivity index (χ0v) is 9.34. The fraction of sp³-hybridized carbons (Fsp3) is 0.833. The van der Waals surface area contributed by atoms with Gasteiger partial charge in [0.2, 0.25) is 0 Å². The summed E-state index contributed by atoms with van der Waals surface area (Å²) in [4.78, 5) is 2.56. The van der Waals surface area contributed by atoms with Crippen molar-refractivity contribution in [2.24, 2.45) is 0 Å². The van der Waals surface area contributed by atoms with Crippen molar-refractivity contribution in [3.8, 4) is 0 Å². The minimum Gasteiger partial charge on any atom is -0.396 e. The van der Waals surface area contributed by atoms with Gasteiger partial charge in [0.15, 0.2) is 0 Å². The summed E-state index contributed by atoms with van der Waals surface area (Å²) in [5, 5.41) is 8.80. The predicted octanol–water partition coefficient (Wildman–Crippen LogP) is 2.19. The van der Waals surface area contributed by atoms with Gasteiger partial charge in [-0.25, -0.2) is 0 Å². The molecular weight excluding hydrogens is 174 g/mol. The molecule has 0 aromatic rings. The van der Waals surface area contributed by atoms with E-state index in [-0.39, 0.29) is 0 Å². The molecule has 1 N–H and O–H groups in total. The second-order valence-corrected chi connectivity index (χ2v) is 4.40. The molecule has 1 unspecified atom stereocenters. The molecule has 2 heteroatoms. The zero-order valence-electron chi connectivity index (χ0n) is 9.34. The Morgan fingerprint density at radius 1 is 1.57 bits per heavy atom. The van der Waals surface area contributed by atoms with Crippen molar-refractivity contribution >= 4 is 0 Å². The lowest BCUT2D eigenvalue weighted by Gasteiger charge is -2.24. The Morgan fingerprint density at radius 3 is 3.00 bits per heavy atom. The van der Waals surface area contributed by atoms with Gasteiger partial charge < -0.3 is 10.0 Å². The van der Waals surface area contributed by atoms with E-state index in [1.54, 1.807) is 0 Å². The van der Waals surface area contributed by atoms with E-state index in [0.717, 1.165) is 31.8 Å². The van der Waals surface area contributed by atoms with Crippen LogP contribution >= 0.6 is 0 Å². The van der Waals surface area contributed by atoms with Gasteiger partial charge in [0, 0.05) is 19.2 Å². The third kappa shape index (κ3) is 3.81. The highest BCUT2D eigenvalue weighted by Crippen LogP contribution is 2.21. The van der Waals surface area contributed by atoms with Crippen LogP contribution in [-0.4, -0.2) is 35.7 Å². The van der Waals surface area contributed by atoms with Gasteiger partial charge in [-0.05, 0) is 45.6 Å². The van der Waals surface area contributed by atoms with E-state index in [9.17, 15) is 0 Å². The maximum Gasteiger partial charge on any atom is 0.0431 e. The molecule has 0 radical (unpaired) electrons. The Bertz CT molecular complexity index is 179. The second-order valence-electron chi connectivity index (χ2n) is 4.40. The van der Waals surface area contributed by atoms with E-state index in [0.29, 0.717) is 6.61 Å². The monoisotopic (exact) mass is 197 g/mol. The van der Waals surface area contributed by atoms with E-state index in [2.05, 4.69) is 18.4 Å². The van der Waals surface area contributed by atoms with Gasteiger partial charge >= 0.3 is 0 Å². The fourth-order valence-corrected chi connectivity index (χ4v) is 2.18. The minimum absolute atomic E-state index is 0.338. The number of aliphatic hydroxyl groups is 1. The molecule has 0 spiro atoms. The number of hydrogen-bond donors (Lipinski definition) is 1. The van der Waals surface area contributed by atoms with E-state index < -0.39 is 0 Å². The van der Waals surface area contributed by atoms with Crippen LogP contribution in [0.4, 0.5) is 0 Å². The Labute approximate surface area is 87.6 Å². The highest BCUT2D eigenvalue weighted by molar-refractivity contribution is 4.90. The lowest BCUT2D eigenvalue weighted by Crippen LogP contribution is -2.30. The highest BCUT2D eigenvalue weighted by Gasteiger charge is 2.22. The Kier molecular flexibility index (Phi) is 5.20. The van der Waals surface area contributed by atoms with Crippen LogP contribution < -0.4 is 0 Å². The number of rotatable bonds is 6. The molecule has 1 atom stereocenters. The van der Waals surface area contributed by atoms with Gasteiger partial charge in [-0.15, -0.1) is 6.58 Å². The summed E-state index contributed by atoms with van der Waals surface area (Å²) < 4.78 is 0. The molecule has 2 nitrogen and oxygen atoms in total. The maximum atomic E-state index is 8.80. The van der Waals surface area contributed by atoms with E-state index in [1.807, 2.05) is 0 Å². The molecule has 1 fully saturated rings. The molecule has 0 aromatic heterocycles. The molecule has 1 aliphatic rings. The van der Waals surface area contributed by atoms with Crippen molar-refractivity contribution in [2.75, 3.05) is 19.7 Å². The minimum atomic E-state index is 0.338. The molecule has 82 valence electrons. The van der Waals surface area contributed by atoms with Crippen LogP contribution in [0.5, 0.6) is 0 Å². The van der Waals surface area contributed by atoms with Crippen LogP contribution in [0.15, 0.2) is 12.2 Å². The average molecular weight is 197 g/mol. The summed E-state index contributed by atoms with van der Waals surface area (Å²) in [6, 6.07) is 0.724. The van der Waals surface area contributed by atoms with Crippen molar-refractivity contribution in [2.45, 2.75) is 45.1 Å². The topological polar surface area (TPSA) is 23.5 Å². The molecule has 0 amide bonds. The van der Waals surface area contributed by atoms with Gasteiger partial charge in [-0.3, -0.25) is 0 Å². The smallest absolute Gasteiger partial charge is 0.0431 e. The molecule has 0 bridgehead atoms. The molecule has 14 heavy (non-hydrogen) atoms. The summed E-state index contributed by atoms with van der Waals surface area (Å²) in [5.74, 6) is 0. The molecule has 0 aliphatic carbocycles. The first-order chi connectivity index (χ1) is 6.74. The van der Waals surface area contributed by atoms with Crippen molar-refractivity contribution in [3.05, 3.63) is 12.2 Å². The first-order valence-electron chi connectivity index (χ1n) is 5.73. The standard InChI is InChI=1S/C12H23NO/c1-11(2)7-9-13-8-3-5-12(13)6-4-10-14/h12,14H,1,3-10H2,2H3. The van der Waals surface area contributed by atoms with E-state index in [1.165, 1.54) is 25.0 Å². The molecule has 0 aromatic carbocycles. The fourth-order valence-electron chi connectivity index (χ4n) is 2.18. The van der Waals surface area contributed by atoms with Gasteiger partial charge in [0.25, 0.3) is 0 Å². The molecule has 1 rings (SSSR count). The Morgan fingerprint density at radius 2 is 2.36 bits per heavy atom. The normalized spacial score (nSPS) is 22.9. The van der Waals surface area contributed by atoms with Crippen LogP contribution in [-0.2, 0) is 0 Å². The summed E-state index contributed by atoms with van der Waals surface area (Å²) in [7, 11) is 0. The van der Waals surface area contributed by atoms with Crippen molar-refractivity contribution in [3.63, 3.8) is 0 Å². The molecule has 1 aliphatic heterocycles. The van der Waals surface area contributed by atoms with Crippen LogP contribution in [0, 0.1) is 0 Å². The van der Waals surface area contributed by atoms with Crippen molar-refractivity contribution in [1.82, 2.24) is 4.90 Å². The zero-order chi connectivity index (χ0) is 10.4. The van der Waals surface area contributed by atoms with Crippen molar-refractivity contribution < 1.29 is 5.11 Å². The van der Waals surface area contributed by atoms with Crippen LogP contribution in [0.2, 0.25) is 0 Å². The maximum absolute atomic E-state index is 8.80. The quantitative estimate of drug-likeness (QED) is 0.660. The predicted molar refractivity (Wildman–Crippen MR) is 60.3 cm³/mol. The number of aliphatic hydroxyl groups excluding tert-OH is 1. The van der Waals surface area contributed by atoms with Crippen LogP contribution in [0.1, 0.15) is 39.0 Å². The molecule has 0 saturated carbocycles. The Balaban J connectivity index is 2.24. The summed E-state index contributed by atoms with van der Waals surface area (Å²) in [5.41, 5.74) is 1.28. The molecular formula is C12H23NO. The van der Waals surface area contributed by atoms with Gasteiger partial charge in [-0.1, -0.05) is 5.57 Å².